The van der Waals surface area contributed by atoms with Crippen molar-refractivity contribution in [2.75, 3.05) is 46.2 Å². The van der Waals surface area contributed by atoms with E-state index in [1.807, 2.05) is 20.8 Å². The number of hydrogen-bond acceptors (Lipinski definition) is 6. The van der Waals surface area contributed by atoms with E-state index in [2.05, 4.69) is 5.32 Å². The molecule has 7 heteroatoms. The molecule has 2 atom stereocenters. The van der Waals surface area contributed by atoms with Crippen LogP contribution in [0.3, 0.4) is 0 Å². The third-order valence-corrected chi connectivity index (χ3v) is 3.62. The van der Waals surface area contributed by atoms with Crippen LogP contribution in [-0.4, -0.2) is 63.9 Å². The van der Waals surface area contributed by atoms with Crippen molar-refractivity contribution in [1.82, 2.24) is 5.32 Å². The predicted octanol–water partition coefficient (Wildman–Crippen LogP) is 1.69. The fourth-order valence-corrected chi connectivity index (χ4v) is 2.60. The first kappa shape index (κ1) is 21.2. The summed E-state index contributed by atoms with van der Waals surface area (Å²) in [6.07, 6.45) is 2.64. The predicted molar refractivity (Wildman–Crippen MR) is 92.0 cm³/mol. The molecule has 1 saturated carbocycles. The van der Waals surface area contributed by atoms with Crippen molar-refractivity contribution in [2.45, 2.75) is 51.7 Å². The van der Waals surface area contributed by atoms with Gasteiger partial charge in [-0.3, -0.25) is 0 Å². The number of ether oxygens (including phenoxy) is 4. The molecule has 1 fully saturated rings. The molecule has 7 nitrogen and oxygen atoms in total. The molecule has 0 aromatic heterocycles. The molecule has 142 valence electrons. The van der Waals surface area contributed by atoms with Gasteiger partial charge in [0.2, 0.25) is 0 Å². The first-order valence-electron chi connectivity index (χ1n) is 8.83. The van der Waals surface area contributed by atoms with Gasteiger partial charge in [-0.15, -0.1) is 0 Å². The van der Waals surface area contributed by atoms with Crippen LogP contribution in [0.4, 0.5) is 4.79 Å². The lowest BCUT2D eigenvalue weighted by Gasteiger charge is -2.21. The highest BCUT2D eigenvalue weighted by atomic mass is 16.6. The van der Waals surface area contributed by atoms with Crippen LogP contribution in [-0.2, 0) is 18.9 Å². The quantitative estimate of drug-likeness (QED) is 0.553. The van der Waals surface area contributed by atoms with Crippen LogP contribution in [0.5, 0.6) is 0 Å². The molecule has 0 aromatic carbocycles. The minimum absolute atomic E-state index is 0.185. The van der Waals surface area contributed by atoms with Gasteiger partial charge in [-0.05, 0) is 46.0 Å². The number of hydrogen-bond donors (Lipinski definition) is 2. The zero-order valence-corrected chi connectivity index (χ0v) is 15.3. The maximum absolute atomic E-state index is 11.7. The molecule has 0 aliphatic heterocycles. The summed E-state index contributed by atoms with van der Waals surface area (Å²) in [6, 6.07) is 0.185. The Bertz CT molecular complexity index is 346. The molecule has 1 amide bonds. The van der Waals surface area contributed by atoms with Crippen molar-refractivity contribution in [3.63, 3.8) is 0 Å². The Morgan fingerprint density at radius 3 is 2.29 bits per heavy atom. The Kier molecular flexibility index (Phi) is 10.2. The van der Waals surface area contributed by atoms with E-state index in [-0.39, 0.29) is 12.1 Å². The maximum Gasteiger partial charge on any atom is 0.407 e. The van der Waals surface area contributed by atoms with E-state index in [4.69, 9.17) is 24.7 Å². The van der Waals surface area contributed by atoms with E-state index in [1.165, 1.54) is 0 Å². The number of nitrogens with two attached hydrogens (primary N) is 1. The average molecular weight is 346 g/mol. The summed E-state index contributed by atoms with van der Waals surface area (Å²) in [5.74, 6) is 0.484. The maximum atomic E-state index is 11.7. The molecule has 0 aromatic rings. The summed E-state index contributed by atoms with van der Waals surface area (Å²) in [6.45, 7) is 9.69. The van der Waals surface area contributed by atoms with Gasteiger partial charge in [-0.1, -0.05) is 0 Å². The van der Waals surface area contributed by atoms with Gasteiger partial charge in [0.25, 0.3) is 0 Å². The van der Waals surface area contributed by atoms with E-state index in [9.17, 15) is 4.79 Å². The molecule has 0 spiro atoms. The van der Waals surface area contributed by atoms with Gasteiger partial charge in [-0.2, -0.15) is 0 Å². The second-order valence-corrected chi connectivity index (χ2v) is 7.11. The zero-order valence-electron chi connectivity index (χ0n) is 15.3. The van der Waals surface area contributed by atoms with Gasteiger partial charge in [0.05, 0.1) is 33.0 Å². The van der Waals surface area contributed by atoms with E-state index >= 15 is 0 Å². The first-order valence-corrected chi connectivity index (χ1v) is 8.83. The standard InChI is InChI=1S/C17H34N2O5/c1-17(2,3)24-16(20)19-15-5-4-14(12-15)13-23-11-10-22-9-8-21-7-6-18/h14-15H,4-13,18H2,1-3H3,(H,19,20)/t14-,15-/m1/s1. The van der Waals surface area contributed by atoms with Gasteiger partial charge < -0.3 is 30.0 Å². The van der Waals surface area contributed by atoms with E-state index in [1.54, 1.807) is 0 Å². The monoisotopic (exact) mass is 346 g/mol. The Morgan fingerprint density at radius 2 is 1.67 bits per heavy atom. The highest BCUT2D eigenvalue weighted by Gasteiger charge is 2.27. The molecule has 24 heavy (non-hydrogen) atoms. The highest BCUT2D eigenvalue weighted by Crippen LogP contribution is 2.26. The summed E-state index contributed by atoms with van der Waals surface area (Å²) in [5, 5.41) is 2.94. The Morgan fingerprint density at radius 1 is 1.04 bits per heavy atom. The van der Waals surface area contributed by atoms with Crippen LogP contribution in [0, 0.1) is 5.92 Å². The fourth-order valence-electron chi connectivity index (χ4n) is 2.60. The summed E-state index contributed by atoms with van der Waals surface area (Å²) < 4.78 is 21.5. The smallest absolute Gasteiger partial charge is 0.407 e. The number of carbonyl (C=O) groups is 1. The fraction of sp³-hybridized carbons (Fsp3) is 0.941. The zero-order chi connectivity index (χ0) is 17.8. The first-order chi connectivity index (χ1) is 11.4. The average Bonchev–Trinajstić information content (AvgIpc) is 2.91. The second-order valence-electron chi connectivity index (χ2n) is 7.11. The molecule has 0 heterocycles. The third-order valence-electron chi connectivity index (χ3n) is 3.62. The topological polar surface area (TPSA) is 92.0 Å². The van der Waals surface area contributed by atoms with Crippen LogP contribution < -0.4 is 11.1 Å². The number of amides is 1. The summed E-state index contributed by atoms with van der Waals surface area (Å²) in [4.78, 5) is 11.7. The molecule has 0 radical (unpaired) electrons. The minimum Gasteiger partial charge on any atom is -0.444 e. The number of carbonyl (C=O) groups excluding carboxylic acids is 1. The summed E-state index contributed by atoms with van der Waals surface area (Å²) in [5.41, 5.74) is 4.86. The van der Waals surface area contributed by atoms with E-state index in [0.717, 1.165) is 19.3 Å². The van der Waals surface area contributed by atoms with Crippen LogP contribution in [0.15, 0.2) is 0 Å². The largest absolute Gasteiger partial charge is 0.444 e. The lowest BCUT2D eigenvalue weighted by molar-refractivity contribution is 0.00868. The molecule has 1 aliphatic carbocycles. The Balaban J connectivity index is 1.98. The lowest BCUT2D eigenvalue weighted by atomic mass is 10.1. The number of rotatable bonds is 11. The van der Waals surface area contributed by atoms with Crippen molar-refractivity contribution >= 4 is 6.09 Å². The lowest BCUT2D eigenvalue weighted by Crippen LogP contribution is -2.38. The minimum atomic E-state index is -0.458. The van der Waals surface area contributed by atoms with Crippen LogP contribution >= 0.6 is 0 Å². The van der Waals surface area contributed by atoms with Crippen molar-refractivity contribution in [1.29, 1.82) is 0 Å². The Hall–Kier alpha value is -0.890. The third kappa shape index (κ3) is 10.8. The number of alkyl carbamates (subject to hydrolysis) is 1. The molecule has 0 bridgehead atoms. The summed E-state index contributed by atoms with van der Waals surface area (Å²) >= 11 is 0. The van der Waals surface area contributed by atoms with Gasteiger partial charge in [-0.25, -0.2) is 4.79 Å². The van der Waals surface area contributed by atoms with Crippen molar-refractivity contribution in [2.24, 2.45) is 11.7 Å². The Labute approximate surface area is 145 Å². The van der Waals surface area contributed by atoms with Crippen molar-refractivity contribution in [3.05, 3.63) is 0 Å². The SMILES string of the molecule is CC(C)(C)OC(=O)N[C@@H]1CC[C@@H](COCCOCCOCCN)C1. The number of nitrogens with one attached hydrogen (secondary N) is 1. The van der Waals surface area contributed by atoms with Gasteiger partial charge in [0, 0.05) is 19.2 Å². The van der Waals surface area contributed by atoms with E-state index < -0.39 is 5.60 Å². The van der Waals surface area contributed by atoms with Gasteiger partial charge in [0.15, 0.2) is 0 Å². The molecule has 0 saturated heterocycles. The van der Waals surface area contributed by atoms with Crippen LogP contribution in [0.1, 0.15) is 40.0 Å². The molecule has 1 rings (SSSR count). The molecular formula is C17H34N2O5. The van der Waals surface area contributed by atoms with E-state index in [0.29, 0.717) is 52.1 Å². The van der Waals surface area contributed by atoms with Gasteiger partial charge in [0.1, 0.15) is 5.60 Å². The van der Waals surface area contributed by atoms with Crippen molar-refractivity contribution in [3.8, 4) is 0 Å². The normalized spacial score (nSPS) is 21.0. The summed E-state index contributed by atoms with van der Waals surface area (Å²) in [7, 11) is 0. The second kappa shape index (κ2) is 11.6. The van der Waals surface area contributed by atoms with Crippen LogP contribution in [0.25, 0.3) is 0 Å². The highest BCUT2D eigenvalue weighted by molar-refractivity contribution is 5.68. The molecule has 1 aliphatic rings. The van der Waals surface area contributed by atoms with Crippen molar-refractivity contribution < 1.29 is 23.7 Å². The van der Waals surface area contributed by atoms with Crippen LogP contribution in [0.2, 0.25) is 0 Å². The van der Waals surface area contributed by atoms with Gasteiger partial charge >= 0.3 is 6.09 Å². The molecule has 3 N–H and O–H groups in total. The molecular weight excluding hydrogens is 312 g/mol. The molecule has 0 unspecified atom stereocenters.